The Labute approximate surface area is 128 Å². The first kappa shape index (κ1) is 14.7. The molecule has 1 aliphatic rings. The van der Waals surface area contributed by atoms with E-state index in [1.807, 2.05) is 24.3 Å². The maximum atomic E-state index is 13.6. The number of methoxy groups -OCH3 is 1. The van der Waals surface area contributed by atoms with E-state index in [2.05, 4.69) is 5.32 Å². The van der Waals surface area contributed by atoms with Crippen LogP contribution in [-0.4, -0.2) is 20.3 Å². The van der Waals surface area contributed by atoms with Gasteiger partial charge in [-0.3, -0.25) is 0 Å². The first-order chi connectivity index (χ1) is 10.8. The van der Waals surface area contributed by atoms with Crippen LogP contribution in [0.4, 0.5) is 4.39 Å². The molecule has 0 amide bonds. The number of nitrogens with one attached hydrogen (secondary N) is 1. The van der Waals surface area contributed by atoms with Gasteiger partial charge in [-0.15, -0.1) is 0 Å². The maximum absolute atomic E-state index is 13.6. The van der Waals surface area contributed by atoms with Crippen molar-refractivity contribution in [2.24, 2.45) is 0 Å². The molecule has 22 heavy (non-hydrogen) atoms. The third-order valence-corrected chi connectivity index (χ3v) is 3.48. The van der Waals surface area contributed by atoms with Crippen molar-refractivity contribution in [2.75, 3.05) is 20.3 Å². The molecule has 1 N–H and O–H groups in total. The van der Waals surface area contributed by atoms with Gasteiger partial charge in [-0.2, -0.15) is 0 Å². The third kappa shape index (κ3) is 3.31. The molecule has 3 rings (SSSR count). The van der Waals surface area contributed by atoms with E-state index >= 15 is 0 Å². The van der Waals surface area contributed by atoms with Crippen LogP contribution >= 0.6 is 0 Å². The Morgan fingerprint density at radius 1 is 1.00 bits per heavy atom. The van der Waals surface area contributed by atoms with E-state index in [9.17, 15) is 4.39 Å². The van der Waals surface area contributed by atoms with Crippen LogP contribution in [0.5, 0.6) is 17.2 Å². The average Bonchev–Trinajstić information content (AvgIpc) is 2.55. The summed E-state index contributed by atoms with van der Waals surface area (Å²) in [5.41, 5.74) is 1.97. The monoisotopic (exact) mass is 303 g/mol. The number of rotatable bonds is 5. The molecule has 4 nitrogen and oxygen atoms in total. The minimum atomic E-state index is -0.346. The van der Waals surface area contributed by atoms with E-state index in [1.54, 1.807) is 6.07 Å². The van der Waals surface area contributed by atoms with Crippen LogP contribution in [0.2, 0.25) is 0 Å². The van der Waals surface area contributed by atoms with Crippen molar-refractivity contribution in [1.29, 1.82) is 0 Å². The second-order valence-electron chi connectivity index (χ2n) is 5.05. The van der Waals surface area contributed by atoms with E-state index in [1.165, 1.54) is 13.2 Å². The van der Waals surface area contributed by atoms with Crippen LogP contribution in [-0.2, 0) is 13.1 Å². The quantitative estimate of drug-likeness (QED) is 0.922. The predicted molar refractivity (Wildman–Crippen MR) is 80.9 cm³/mol. The summed E-state index contributed by atoms with van der Waals surface area (Å²) >= 11 is 0. The van der Waals surface area contributed by atoms with Gasteiger partial charge in [0.25, 0.3) is 0 Å². The largest absolute Gasteiger partial charge is 0.494 e. The molecule has 5 heteroatoms. The molecule has 0 saturated carbocycles. The van der Waals surface area contributed by atoms with E-state index in [-0.39, 0.29) is 11.6 Å². The molecular formula is C17H18FNO3. The van der Waals surface area contributed by atoms with Crippen LogP contribution in [0, 0.1) is 5.82 Å². The molecule has 0 radical (unpaired) electrons. The number of hydrogen-bond donors (Lipinski definition) is 1. The zero-order chi connectivity index (χ0) is 15.4. The van der Waals surface area contributed by atoms with Crippen molar-refractivity contribution in [3.63, 3.8) is 0 Å². The maximum Gasteiger partial charge on any atom is 0.165 e. The highest BCUT2D eigenvalue weighted by molar-refractivity contribution is 5.43. The summed E-state index contributed by atoms with van der Waals surface area (Å²) < 4.78 is 29.6. The molecule has 0 aliphatic carbocycles. The minimum absolute atomic E-state index is 0.260. The highest BCUT2D eigenvalue weighted by Crippen LogP contribution is 2.30. The summed E-state index contributed by atoms with van der Waals surface area (Å²) in [6, 6.07) is 10.8. The third-order valence-electron chi connectivity index (χ3n) is 3.48. The zero-order valence-electron chi connectivity index (χ0n) is 12.4. The van der Waals surface area contributed by atoms with Crippen molar-refractivity contribution < 1.29 is 18.6 Å². The molecule has 1 heterocycles. The van der Waals surface area contributed by atoms with Crippen LogP contribution in [0.15, 0.2) is 36.4 Å². The van der Waals surface area contributed by atoms with Gasteiger partial charge in [-0.1, -0.05) is 12.1 Å². The van der Waals surface area contributed by atoms with Gasteiger partial charge in [-0.05, 0) is 35.4 Å². The SMILES string of the molecule is COc1ccc(CNCc2ccc3c(c2)OCCO3)cc1F. The highest BCUT2D eigenvalue weighted by atomic mass is 19.1. The summed E-state index contributed by atoms with van der Waals surface area (Å²) in [6.07, 6.45) is 0. The normalized spacial score (nSPS) is 13.0. The summed E-state index contributed by atoms with van der Waals surface area (Å²) in [7, 11) is 1.46. The Morgan fingerprint density at radius 3 is 2.41 bits per heavy atom. The molecular weight excluding hydrogens is 285 g/mol. The number of halogens is 1. The minimum Gasteiger partial charge on any atom is -0.494 e. The van der Waals surface area contributed by atoms with Gasteiger partial charge >= 0.3 is 0 Å². The molecule has 0 saturated heterocycles. The standard InChI is InChI=1S/C17H18FNO3/c1-20-15-4-2-12(8-14(15)18)10-19-11-13-3-5-16-17(9-13)22-7-6-21-16/h2-5,8-9,19H,6-7,10-11H2,1H3. The van der Waals surface area contributed by atoms with E-state index in [4.69, 9.17) is 14.2 Å². The fraction of sp³-hybridized carbons (Fsp3) is 0.294. The molecule has 0 bridgehead atoms. The Kier molecular flexibility index (Phi) is 4.44. The lowest BCUT2D eigenvalue weighted by Crippen LogP contribution is -2.16. The van der Waals surface area contributed by atoms with Crippen LogP contribution in [0.3, 0.4) is 0 Å². The Balaban J connectivity index is 1.58. The van der Waals surface area contributed by atoms with E-state index in [0.717, 1.165) is 22.6 Å². The molecule has 0 aromatic heterocycles. The lowest BCUT2D eigenvalue weighted by molar-refractivity contribution is 0.171. The predicted octanol–water partition coefficient (Wildman–Crippen LogP) is 2.90. The lowest BCUT2D eigenvalue weighted by Gasteiger charge is -2.19. The van der Waals surface area contributed by atoms with Crippen molar-refractivity contribution >= 4 is 0 Å². The van der Waals surface area contributed by atoms with Gasteiger partial charge in [0, 0.05) is 13.1 Å². The smallest absolute Gasteiger partial charge is 0.165 e. The van der Waals surface area contributed by atoms with Crippen molar-refractivity contribution in [3.8, 4) is 17.2 Å². The molecule has 2 aromatic rings. The summed E-state index contributed by atoms with van der Waals surface area (Å²) in [4.78, 5) is 0. The van der Waals surface area contributed by atoms with Crippen LogP contribution < -0.4 is 19.5 Å². The topological polar surface area (TPSA) is 39.7 Å². The van der Waals surface area contributed by atoms with Gasteiger partial charge < -0.3 is 19.5 Å². The Bertz CT molecular complexity index is 660. The Hall–Kier alpha value is -2.27. The van der Waals surface area contributed by atoms with Gasteiger partial charge in [0.1, 0.15) is 13.2 Å². The van der Waals surface area contributed by atoms with Crippen molar-refractivity contribution in [2.45, 2.75) is 13.1 Å². The molecule has 0 unspecified atom stereocenters. The van der Waals surface area contributed by atoms with Gasteiger partial charge in [0.15, 0.2) is 23.1 Å². The fourth-order valence-electron chi connectivity index (χ4n) is 2.37. The molecule has 0 atom stereocenters. The molecule has 1 aliphatic heterocycles. The summed E-state index contributed by atoms with van der Waals surface area (Å²) in [6.45, 7) is 2.42. The molecule has 0 spiro atoms. The Morgan fingerprint density at radius 2 is 1.68 bits per heavy atom. The number of ether oxygens (including phenoxy) is 3. The van der Waals surface area contributed by atoms with E-state index < -0.39 is 0 Å². The molecule has 0 fully saturated rings. The molecule has 116 valence electrons. The summed E-state index contributed by atoms with van der Waals surface area (Å²) in [5.74, 6) is 1.48. The number of fused-ring (bicyclic) bond motifs is 1. The lowest BCUT2D eigenvalue weighted by atomic mass is 10.1. The van der Waals surface area contributed by atoms with Crippen molar-refractivity contribution in [1.82, 2.24) is 5.32 Å². The van der Waals surface area contributed by atoms with Crippen molar-refractivity contribution in [3.05, 3.63) is 53.3 Å². The van der Waals surface area contributed by atoms with Gasteiger partial charge in [-0.25, -0.2) is 4.39 Å². The van der Waals surface area contributed by atoms with Crippen LogP contribution in [0.25, 0.3) is 0 Å². The number of benzene rings is 2. The van der Waals surface area contributed by atoms with Gasteiger partial charge in [0.05, 0.1) is 7.11 Å². The van der Waals surface area contributed by atoms with Gasteiger partial charge in [0.2, 0.25) is 0 Å². The zero-order valence-corrected chi connectivity index (χ0v) is 12.4. The second-order valence-corrected chi connectivity index (χ2v) is 5.05. The first-order valence-electron chi connectivity index (χ1n) is 7.18. The highest BCUT2D eigenvalue weighted by Gasteiger charge is 2.11. The fourth-order valence-corrected chi connectivity index (χ4v) is 2.37. The van der Waals surface area contributed by atoms with Crippen LogP contribution in [0.1, 0.15) is 11.1 Å². The van der Waals surface area contributed by atoms with E-state index in [0.29, 0.717) is 26.3 Å². The second kappa shape index (κ2) is 6.66. The number of hydrogen-bond acceptors (Lipinski definition) is 4. The molecule has 2 aromatic carbocycles. The first-order valence-corrected chi connectivity index (χ1v) is 7.18. The summed E-state index contributed by atoms with van der Waals surface area (Å²) in [5, 5.41) is 3.29. The average molecular weight is 303 g/mol.